The van der Waals surface area contributed by atoms with Crippen molar-refractivity contribution < 1.29 is 0 Å². The summed E-state index contributed by atoms with van der Waals surface area (Å²) >= 11 is 0. The summed E-state index contributed by atoms with van der Waals surface area (Å²) in [4.78, 5) is 4.49. The summed E-state index contributed by atoms with van der Waals surface area (Å²) in [6.07, 6.45) is 12.1. The van der Waals surface area contributed by atoms with E-state index in [0.29, 0.717) is 6.04 Å². The predicted octanol–water partition coefficient (Wildman–Crippen LogP) is 2.61. The summed E-state index contributed by atoms with van der Waals surface area (Å²) in [5.74, 6) is 2.08. The van der Waals surface area contributed by atoms with Crippen LogP contribution in [0.25, 0.3) is 0 Å². The first-order valence-corrected chi connectivity index (χ1v) is 7.02. The van der Waals surface area contributed by atoms with Crippen LogP contribution in [0.2, 0.25) is 0 Å². The smallest absolute Gasteiger partial charge is 0.110 e. The lowest BCUT2D eigenvalue weighted by Crippen LogP contribution is -2.37. The Balaban J connectivity index is 1.98. The molecule has 1 fully saturated rings. The fourth-order valence-electron chi connectivity index (χ4n) is 3.06. The number of hydrogen-bond donors (Lipinski definition) is 1. The van der Waals surface area contributed by atoms with Crippen LogP contribution in [0.1, 0.15) is 44.9 Å². The predicted molar refractivity (Wildman–Crippen MR) is 71.0 cm³/mol. The lowest BCUT2D eigenvalue weighted by atomic mass is 9.82. The second-order valence-corrected chi connectivity index (χ2v) is 5.13. The molecule has 3 nitrogen and oxygen atoms in total. The van der Waals surface area contributed by atoms with Crippen molar-refractivity contribution in [1.29, 1.82) is 0 Å². The van der Waals surface area contributed by atoms with E-state index < -0.39 is 0 Å². The van der Waals surface area contributed by atoms with Crippen molar-refractivity contribution >= 4 is 0 Å². The van der Waals surface area contributed by atoms with Gasteiger partial charge in [0.25, 0.3) is 0 Å². The van der Waals surface area contributed by atoms with Crippen LogP contribution in [-0.4, -0.2) is 22.6 Å². The second kappa shape index (κ2) is 6.20. The molecule has 1 N–H and O–H groups in total. The molecule has 1 atom stereocenters. The lowest BCUT2D eigenvalue weighted by molar-refractivity contribution is 0.273. The van der Waals surface area contributed by atoms with Gasteiger partial charge in [0.1, 0.15) is 5.82 Å². The number of hydrogen-bond acceptors (Lipinski definition) is 2. The fraction of sp³-hybridized carbons (Fsp3) is 0.786. The van der Waals surface area contributed by atoms with Gasteiger partial charge in [-0.05, 0) is 32.7 Å². The van der Waals surface area contributed by atoms with E-state index in [4.69, 9.17) is 0 Å². The molecule has 0 bridgehead atoms. The van der Waals surface area contributed by atoms with Gasteiger partial charge in [-0.1, -0.05) is 19.3 Å². The Kier molecular flexibility index (Phi) is 4.60. The van der Waals surface area contributed by atoms with Gasteiger partial charge in [-0.2, -0.15) is 0 Å². The van der Waals surface area contributed by atoms with Crippen molar-refractivity contribution in [2.24, 2.45) is 5.92 Å². The third-order valence-corrected chi connectivity index (χ3v) is 4.13. The fourth-order valence-corrected chi connectivity index (χ4v) is 3.06. The average Bonchev–Trinajstić information content (AvgIpc) is 2.84. The van der Waals surface area contributed by atoms with Gasteiger partial charge in [-0.3, -0.25) is 0 Å². The van der Waals surface area contributed by atoms with Crippen LogP contribution in [0.5, 0.6) is 0 Å². The maximum absolute atomic E-state index is 4.49. The standard InChI is InChI=1S/C14H25N3/c1-3-17-10-9-16-14(17)11-13(15-2)12-7-5-4-6-8-12/h9-10,12-13,15H,3-8,11H2,1-2H3. The number of imidazole rings is 1. The van der Waals surface area contributed by atoms with Gasteiger partial charge in [-0.25, -0.2) is 4.98 Å². The highest BCUT2D eigenvalue weighted by atomic mass is 15.1. The molecule has 1 heterocycles. The molecule has 1 aromatic rings. The monoisotopic (exact) mass is 235 g/mol. The molecule has 0 spiro atoms. The average molecular weight is 235 g/mol. The van der Waals surface area contributed by atoms with Gasteiger partial charge in [-0.15, -0.1) is 0 Å². The quantitative estimate of drug-likeness (QED) is 0.850. The van der Waals surface area contributed by atoms with Gasteiger partial charge in [0.05, 0.1) is 0 Å². The van der Waals surface area contributed by atoms with Gasteiger partial charge in [0.2, 0.25) is 0 Å². The zero-order valence-electron chi connectivity index (χ0n) is 11.2. The van der Waals surface area contributed by atoms with Crippen molar-refractivity contribution in [2.75, 3.05) is 7.05 Å². The van der Waals surface area contributed by atoms with Gasteiger partial charge < -0.3 is 9.88 Å². The molecule has 96 valence electrons. The Morgan fingerprint density at radius 1 is 1.41 bits per heavy atom. The summed E-state index contributed by atoms with van der Waals surface area (Å²) in [5.41, 5.74) is 0. The zero-order chi connectivity index (χ0) is 12.1. The first-order chi connectivity index (χ1) is 8.35. The third kappa shape index (κ3) is 3.09. The Morgan fingerprint density at radius 2 is 2.18 bits per heavy atom. The molecule has 0 aromatic carbocycles. The molecule has 17 heavy (non-hydrogen) atoms. The largest absolute Gasteiger partial charge is 0.335 e. The number of aromatic nitrogens is 2. The Bertz CT molecular complexity index is 326. The number of nitrogens with one attached hydrogen (secondary N) is 1. The van der Waals surface area contributed by atoms with Crippen LogP contribution in [-0.2, 0) is 13.0 Å². The van der Waals surface area contributed by atoms with E-state index >= 15 is 0 Å². The highest BCUT2D eigenvalue weighted by Gasteiger charge is 2.23. The third-order valence-electron chi connectivity index (χ3n) is 4.13. The van der Waals surface area contributed by atoms with E-state index in [9.17, 15) is 0 Å². The molecular weight excluding hydrogens is 210 g/mol. The molecule has 0 amide bonds. The first-order valence-electron chi connectivity index (χ1n) is 7.02. The van der Waals surface area contributed by atoms with E-state index in [1.54, 1.807) is 0 Å². The van der Waals surface area contributed by atoms with E-state index in [-0.39, 0.29) is 0 Å². The molecule has 3 heteroatoms. The summed E-state index contributed by atoms with van der Waals surface area (Å²) in [7, 11) is 2.10. The molecule has 1 aromatic heterocycles. The maximum Gasteiger partial charge on any atom is 0.110 e. The minimum Gasteiger partial charge on any atom is -0.335 e. The van der Waals surface area contributed by atoms with E-state index in [1.165, 1.54) is 37.9 Å². The number of likely N-dealkylation sites (N-methyl/N-ethyl adjacent to an activating group) is 1. The Hall–Kier alpha value is -0.830. The molecule has 1 unspecified atom stereocenters. The van der Waals surface area contributed by atoms with Crippen molar-refractivity contribution in [3.63, 3.8) is 0 Å². The Labute approximate surface area is 105 Å². The van der Waals surface area contributed by atoms with Crippen molar-refractivity contribution in [3.8, 4) is 0 Å². The maximum atomic E-state index is 4.49. The SMILES string of the molecule is CCn1ccnc1CC(NC)C1CCCCC1. The summed E-state index contributed by atoms with van der Waals surface area (Å²) in [5, 5.41) is 3.51. The number of nitrogens with zero attached hydrogens (tertiary/aromatic N) is 2. The van der Waals surface area contributed by atoms with Crippen LogP contribution in [0.15, 0.2) is 12.4 Å². The van der Waals surface area contributed by atoms with Crippen molar-refractivity contribution in [3.05, 3.63) is 18.2 Å². The van der Waals surface area contributed by atoms with Gasteiger partial charge >= 0.3 is 0 Å². The lowest BCUT2D eigenvalue weighted by Gasteiger charge is -2.30. The normalized spacial score (nSPS) is 19.4. The molecule has 0 aliphatic heterocycles. The Morgan fingerprint density at radius 3 is 2.82 bits per heavy atom. The van der Waals surface area contributed by atoms with Crippen molar-refractivity contribution in [2.45, 2.75) is 58.0 Å². The summed E-state index contributed by atoms with van der Waals surface area (Å²) < 4.78 is 2.26. The van der Waals surface area contributed by atoms with E-state index in [0.717, 1.165) is 18.9 Å². The zero-order valence-corrected chi connectivity index (χ0v) is 11.2. The minimum absolute atomic E-state index is 0.600. The van der Waals surface area contributed by atoms with Crippen LogP contribution >= 0.6 is 0 Å². The molecular formula is C14H25N3. The highest BCUT2D eigenvalue weighted by Crippen LogP contribution is 2.27. The molecule has 1 aliphatic carbocycles. The first kappa shape index (κ1) is 12.6. The van der Waals surface area contributed by atoms with Crippen molar-refractivity contribution in [1.82, 2.24) is 14.9 Å². The van der Waals surface area contributed by atoms with Crippen LogP contribution in [0, 0.1) is 5.92 Å². The number of rotatable bonds is 5. The topological polar surface area (TPSA) is 29.9 Å². The molecule has 2 rings (SSSR count). The summed E-state index contributed by atoms with van der Waals surface area (Å²) in [6.45, 7) is 3.20. The summed E-state index contributed by atoms with van der Waals surface area (Å²) in [6, 6.07) is 0.600. The van der Waals surface area contributed by atoms with Crippen LogP contribution in [0.3, 0.4) is 0 Å². The van der Waals surface area contributed by atoms with Crippen LogP contribution < -0.4 is 5.32 Å². The minimum atomic E-state index is 0.600. The molecule has 1 saturated carbocycles. The molecule has 0 radical (unpaired) electrons. The van der Waals surface area contributed by atoms with E-state index in [2.05, 4.69) is 35.0 Å². The molecule has 0 saturated heterocycles. The molecule has 1 aliphatic rings. The van der Waals surface area contributed by atoms with Gasteiger partial charge in [0.15, 0.2) is 0 Å². The van der Waals surface area contributed by atoms with Crippen LogP contribution in [0.4, 0.5) is 0 Å². The van der Waals surface area contributed by atoms with Gasteiger partial charge in [0, 0.05) is 31.4 Å². The number of aryl methyl sites for hydroxylation is 1. The highest BCUT2D eigenvalue weighted by molar-refractivity contribution is 4.97. The van der Waals surface area contributed by atoms with E-state index in [1.807, 2.05) is 6.20 Å². The second-order valence-electron chi connectivity index (χ2n) is 5.13.